The minimum absolute atomic E-state index is 0.211. The SMILES string of the molecule is COC(=O)c1sc(C(=O)OC)c2sc(F)cc12. The summed E-state index contributed by atoms with van der Waals surface area (Å²) in [6.07, 6.45) is 0. The van der Waals surface area contributed by atoms with Gasteiger partial charge in [0.15, 0.2) is 5.13 Å². The number of thiophene rings is 2. The van der Waals surface area contributed by atoms with E-state index < -0.39 is 17.1 Å². The highest BCUT2D eigenvalue weighted by molar-refractivity contribution is 7.25. The van der Waals surface area contributed by atoms with Crippen LogP contribution in [0.4, 0.5) is 4.39 Å². The maximum absolute atomic E-state index is 13.2. The van der Waals surface area contributed by atoms with Crippen molar-refractivity contribution in [3.8, 4) is 0 Å². The number of carbonyl (C=O) groups excluding carboxylic acids is 2. The van der Waals surface area contributed by atoms with Gasteiger partial charge >= 0.3 is 11.9 Å². The van der Waals surface area contributed by atoms with Gasteiger partial charge < -0.3 is 9.47 Å². The Bertz CT molecular complexity index is 550. The van der Waals surface area contributed by atoms with E-state index in [1.54, 1.807) is 0 Å². The number of carbonyl (C=O) groups is 2. The van der Waals surface area contributed by atoms with Crippen molar-refractivity contribution in [3.05, 3.63) is 21.0 Å². The second-order valence-corrected chi connectivity index (χ2v) is 5.06. The summed E-state index contributed by atoms with van der Waals surface area (Å²) in [5.41, 5.74) is 0. The zero-order chi connectivity index (χ0) is 12.6. The molecule has 2 rings (SSSR count). The summed E-state index contributed by atoms with van der Waals surface area (Å²) in [6, 6.07) is 1.22. The van der Waals surface area contributed by atoms with Gasteiger partial charge in [-0.3, -0.25) is 0 Å². The van der Waals surface area contributed by atoms with Crippen LogP contribution in [0, 0.1) is 5.13 Å². The third-order valence-electron chi connectivity index (χ3n) is 2.10. The number of halogens is 1. The van der Waals surface area contributed by atoms with Gasteiger partial charge in [0.25, 0.3) is 0 Å². The van der Waals surface area contributed by atoms with Crippen molar-refractivity contribution in [3.63, 3.8) is 0 Å². The van der Waals surface area contributed by atoms with E-state index in [1.807, 2.05) is 0 Å². The van der Waals surface area contributed by atoms with Crippen LogP contribution in [0.5, 0.6) is 0 Å². The lowest BCUT2D eigenvalue weighted by molar-refractivity contribution is 0.0602. The number of fused-ring (bicyclic) bond motifs is 1. The molecule has 0 saturated heterocycles. The molecule has 17 heavy (non-hydrogen) atoms. The van der Waals surface area contributed by atoms with Gasteiger partial charge in [-0.25, -0.2) is 9.59 Å². The molecule has 0 amide bonds. The third kappa shape index (κ3) is 1.91. The van der Waals surface area contributed by atoms with Crippen LogP contribution < -0.4 is 0 Å². The summed E-state index contributed by atoms with van der Waals surface area (Å²) in [7, 11) is 2.46. The molecular formula is C10H7FO4S2. The molecule has 0 bridgehead atoms. The van der Waals surface area contributed by atoms with Crippen LogP contribution in [0.3, 0.4) is 0 Å². The lowest BCUT2D eigenvalue weighted by Crippen LogP contribution is -1.99. The molecule has 0 spiro atoms. The van der Waals surface area contributed by atoms with Gasteiger partial charge in [-0.15, -0.1) is 22.7 Å². The fourth-order valence-electron chi connectivity index (χ4n) is 1.37. The third-order valence-corrected chi connectivity index (χ3v) is 4.33. The van der Waals surface area contributed by atoms with Crippen LogP contribution in [-0.2, 0) is 9.47 Å². The Hall–Kier alpha value is -1.47. The molecule has 2 aromatic rings. The van der Waals surface area contributed by atoms with E-state index in [-0.39, 0.29) is 9.75 Å². The highest BCUT2D eigenvalue weighted by atomic mass is 32.1. The Morgan fingerprint density at radius 3 is 2.29 bits per heavy atom. The van der Waals surface area contributed by atoms with Gasteiger partial charge in [0.2, 0.25) is 0 Å². The van der Waals surface area contributed by atoms with Gasteiger partial charge in [-0.1, -0.05) is 0 Å². The van der Waals surface area contributed by atoms with E-state index >= 15 is 0 Å². The molecule has 2 heterocycles. The molecule has 0 aromatic carbocycles. The first-order chi connectivity index (χ1) is 8.08. The van der Waals surface area contributed by atoms with Gasteiger partial charge in [-0.05, 0) is 6.07 Å². The van der Waals surface area contributed by atoms with E-state index in [0.29, 0.717) is 10.1 Å². The summed E-state index contributed by atoms with van der Waals surface area (Å²) >= 11 is 1.75. The fraction of sp³-hybridized carbons (Fsp3) is 0.200. The van der Waals surface area contributed by atoms with Crippen molar-refractivity contribution in [2.75, 3.05) is 14.2 Å². The summed E-state index contributed by atoms with van der Waals surface area (Å²) < 4.78 is 22.8. The van der Waals surface area contributed by atoms with E-state index in [0.717, 1.165) is 22.7 Å². The van der Waals surface area contributed by atoms with Crippen LogP contribution >= 0.6 is 22.7 Å². The summed E-state index contributed by atoms with van der Waals surface area (Å²) in [6.45, 7) is 0. The van der Waals surface area contributed by atoms with Crippen LogP contribution in [0.15, 0.2) is 6.07 Å². The lowest BCUT2D eigenvalue weighted by atomic mass is 10.3. The van der Waals surface area contributed by atoms with Crippen LogP contribution in [0.25, 0.3) is 10.1 Å². The molecule has 0 aliphatic heterocycles. The first-order valence-corrected chi connectivity index (χ1v) is 6.10. The van der Waals surface area contributed by atoms with Crippen molar-refractivity contribution in [2.45, 2.75) is 0 Å². The van der Waals surface area contributed by atoms with Crippen molar-refractivity contribution < 1.29 is 23.5 Å². The Morgan fingerprint density at radius 1 is 1.12 bits per heavy atom. The fourth-order valence-corrected chi connectivity index (χ4v) is 3.52. The minimum atomic E-state index is -0.590. The van der Waals surface area contributed by atoms with Gasteiger partial charge in [-0.2, -0.15) is 4.39 Å². The Kier molecular flexibility index (Phi) is 3.12. The molecule has 2 aromatic heterocycles. The van der Waals surface area contributed by atoms with Crippen LogP contribution in [-0.4, -0.2) is 26.2 Å². The highest BCUT2D eigenvalue weighted by Gasteiger charge is 2.24. The molecule has 0 aliphatic carbocycles. The largest absolute Gasteiger partial charge is 0.465 e. The van der Waals surface area contributed by atoms with E-state index in [2.05, 4.69) is 9.47 Å². The van der Waals surface area contributed by atoms with Crippen molar-refractivity contribution >= 4 is 44.7 Å². The van der Waals surface area contributed by atoms with Gasteiger partial charge in [0, 0.05) is 5.39 Å². The molecule has 0 unspecified atom stereocenters. The standard InChI is InChI=1S/C10H7FO4S2/c1-14-9(12)7-4-3-5(11)16-6(4)8(17-7)10(13)15-2/h3H,1-2H3. The molecule has 0 radical (unpaired) electrons. The minimum Gasteiger partial charge on any atom is -0.465 e. The monoisotopic (exact) mass is 274 g/mol. The number of ether oxygens (including phenoxy) is 2. The molecule has 90 valence electrons. The first-order valence-electron chi connectivity index (χ1n) is 4.47. The number of hydrogen-bond donors (Lipinski definition) is 0. The van der Waals surface area contributed by atoms with Gasteiger partial charge in [0.05, 0.1) is 18.9 Å². The maximum Gasteiger partial charge on any atom is 0.349 e. The average Bonchev–Trinajstić information content (AvgIpc) is 2.84. The Morgan fingerprint density at radius 2 is 1.71 bits per heavy atom. The van der Waals surface area contributed by atoms with E-state index in [1.165, 1.54) is 20.3 Å². The predicted octanol–water partition coefficient (Wildman–Crippen LogP) is 2.68. The second-order valence-electron chi connectivity index (χ2n) is 3.04. The van der Waals surface area contributed by atoms with Crippen molar-refractivity contribution in [1.29, 1.82) is 0 Å². The Labute approximate surface area is 104 Å². The average molecular weight is 274 g/mol. The normalized spacial score (nSPS) is 10.5. The van der Waals surface area contributed by atoms with Crippen LogP contribution in [0.2, 0.25) is 0 Å². The molecule has 4 nitrogen and oxygen atoms in total. The smallest absolute Gasteiger partial charge is 0.349 e. The van der Waals surface area contributed by atoms with Gasteiger partial charge in [0.1, 0.15) is 9.75 Å². The zero-order valence-electron chi connectivity index (χ0n) is 8.90. The molecule has 0 N–H and O–H groups in total. The van der Waals surface area contributed by atoms with E-state index in [9.17, 15) is 14.0 Å². The number of rotatable bonds is 2. The quantitative estimate of drug-likeness (QED) is 0.790. The molecular weight excluding hydrogens is 267 g/mol. The molecule has 0 atom stereocenters. The lowest BCUT2D eigenvalue weighted by Gasteiger charge is -1.94. The number of methoxy groups -OCH3 is 2. The molecule has 0 aliphatic rings. The maximum atomic E-state index is 13.2. The van der Waals surface area contributed by atoms with E-state index in [4.69, 9.17) is 0 Å². The number of hydrogen-bond acceptors (Lipinski definition) is 6. The first kappa shape index (κ1) is 12.0. The zero-order valence-corrected chi connectivity index (χ0v) is 10.5. The van der Waals surface area contributed by atoms with Crippen molar-refractivity contribution in [2.24, 2.45) is 0 Å². The molecule has 0 saturated carbocycles. The van der Waals surface area contributed by atoms with Crippen molar-refractivity contribution in [1.82, 2.24) is 0 Å². The topological polar surface area (TPSA) is 52.6 Å². The summed E-state index contributed by atoms with van der Waals surface area (Å²) in [5, 5.41) is -0.0668. The molecule has 0 fully saturated rings. The van der Waals surface area contributed by atoms with Crippen LogP contribution in [0.1, 0.15) is 19.3 Å². The predicted molar refractivity (Wildman–Crippen MR) is 62.3 cm³/mol. The summed E-state index contributed by atoms with van der Waals surface area (Å²) in [5.74, 6) is -1.18. The molecule has 7 heteroatoms. The number of esters is 2. The highest BCUT2D eigenvalue weighted by Crippen LogP contribution is 2.37. The summed E-state index contributed by atoms with van der Waals surface area (Å²) in [4.78, 5) is 23.4. The second kappa shape index (κ2) is 4.42. The Balaban J connectivity index is 2.69.